The lowest BCUT2D eigenvalue weighted by Crippen LogP contribution is -2.25. The molecule has 1 rings (SSSR count). The molecule has 0 radical (unpaired) electrons. The van der Waals surface area contributed by atoms with E-state index in [9.17, 15) is 0 Å². The van der Waals surface area contributed by atoms with Crippen molar-refractivity contribution in [2.75, 3.05) is 13.1 Å². The van der Waals surface area contributed by atoms with Crippen LogP contribution in [0.2, 0.25) is 0 Å². The molecule has 1 saturated carbocycles. The number of rotatable bonds is 7. The van der Waals surface area contributed by atoms with Gasteiger partial charge in [-0.3, -0.25) is 0 Å². The summed E-state index contributed by atoms with van der Waals surface area (Å²) in [4.78, 5) is 0. The van der Waals surface area contributed by atoms with Gasteiger partial charge in [0.25, 0.3) is 0 Å². The van der Waals surface area contributed by atoms with E-state index in [2.05, 4.69) is 26.1 Å². The quantitative estimate of drug-likeness (QED) is 0.639. The van der Waals surface area contributed by atoms with Crippen LogP contribution in [0.1, 0.15) is 65.7 Å². The normalized spacial score (nSPS) is 27.9. The fourth-order valence-electron chi connectivity index (χ4n) is 3.16. The van der Waals surface area contributed by atoms with Crippen molar-refractivity contribution in [3.63, 3.8) is 0 Å². The molecule has 0 aromatic rings. The van der Waals surface area contributed by atoms with Gasteiger partial charge in [-0.05, 0) is 50.1 Å². The highest BCUT2D eigenvalue weighted by molar-refractivity contribution is 4.74. The molecule has 3 unspecified atom stereocenters. The Kier molecular flexibility index (Phi) is 7.11. The molecule has 0 aromatic carbocycles. The highest BCUT2D eigenvalue weighted by Crippen LogP contribution is 2.34. The van der Waals surface area contributed by atoms with Gasteiger partial charge in [0, 0.05) is 0 Å². The van der Waals surface area contributed by atoms with Crippen LogP contribution >= 0.6 is 0 Å². The minimum atomic E-state index is 0.868. The van der Waals surface area contributed by atoms with Gasteiger partial charge in [-0.1, -0.05) is 46.5 Å². The summed E-state index contributed by atoms with van der Waals surface area (Å²) in [5, 5.41) is 3.55. The standard InChI is InChI=1S/C15H31N/c1-4-9-16-12-13(3)10-15-8-6-7-14(5-2)11-15/h13-16H,4-12H2,1-3H3. The van der Waals surface area contributed by atoms with E-state index in [1.165, 1.54) is 58.0 Å². The Hall–Kier alpha value is -0.0400. The summed E-state index contributed by atoms with van der Waals surface area (Å²) in [6.07, 6.45) is 10.1. The Bertz CT molecular complexity index is 167. The predicted octanol–water partition coefficient (Wildman–Crippen LogP) is 4.23. The molecule has 1 aliphatic rings. The maximum Gasteiger partial charge on any atom is -0.00231 e. The van der Waals surface area contributed by atoms with Crippen molar-refractivity contribution in [1.82, 2.24) is 5.32 Å². The summed E-state index contributed by atoms with van der Waals surface area (Å²) in [5.41, 5.74) is 0. The minimum Gasteiger partial charge on any atom is -0.316 e. The van der Waals surface area contributed by atoms with Crippen molar-refractivity contribution < 1.29 is 0 Å². The highest BCUT2D eigenvalue weighted by Gasteiger charge is 2.21. The Labute approximate surface area is 102 Å². The summed E-state index contributed by atoms with van der Waals surface area (Å²) in [7, 11) is 0. The van der Waals surface area contributed by atoms with Crippen molar-refractivity contribution in [3.05, 3.63) is 0 Å². The monoisotopic (exact) mass is 225 g/mol. The molecular formula is C15H31N. The van der Waals surface area contributed by atoms with Gasteiger partial charge >= 0.3 is 0 Å². The van der Waals surface area contributed by atoms with E-state index in [1.807, 2.05) is 0 Å². The average molecular weight is 225 g/mol. The predicted molar refractivity (Wildman–Crippen MR) is 72.7 cm³/mol. The first-order chi connectivity index (χ1) is 7.76. The molecule has 96 valence electrons. The van der Waals surface area contributed by atoms with Gasteiger partial charge in [-0.2, -0.15) is 0 Å². The second kappa shape index (κ2) is 8.11. The summed E-state index contributed by atoms with van der Waals surface area (Å²) in [5.74, 6) is 2.93. The van der Waals surface area contributed by atoms with Crippen molar-refractivity contribution in [2.24, 2.45) is 17.8 Å². The van der Waals surface area contributed by atoms with Gasteiger partial charge < -0.3 is 5.32 Å². The molecule has 0 saturated heterocycles. The fourth-order valence-corrected chi connectivity index (χ4v) is 3.16. The minimum absolute atomic E-state index is 0.868. The van der Waals surface area contributed by atoms with Gasteiger partial charge in [-0.25, -0.2) is 0 Å². The molecule has 0 aromatic heterocycles. The number of hydrogen-bond donors (Lipinski definition) is 1. The first-order valence-electron chi connectivity index (χ1n) is 7.46. The third-order valence-electron chi connectivity index (χ3n) is 4.12. The van der Waals surface area contributed by atoms with Crippen molar-refractivity contribution in [1.29, 1.82) is 0 Å². The van der Waals surface area contributed by atoms with Crippen molar-refractivity contribution >= 4 is 0 Å². The van der Waals surface area contributed by atoms with Gasteiger partial charge in [0.15, 0.2) is 0 Å². The summed E-state index contributed by atoms with van der Waals surface area (Å²) >= 11 is 0. The van der Waals surface area contributed by atoms with Gasteiger partial charge in [0.05, 0.1) is 0 Å². The molecule has 0 heterocycles. The zero-order valence-electron chi connectivity index (χ0n) is 11.6. The third-order valence-corrected chi connectivity index (χ3v) is 4.12. The van der Waals surface area contributed by atoms with Crippen LogP contribution in [0.5, 0.6) is 0 Å². The van der Waals surface area contributed by atoms with Crippen molar-refractivity contribution in [3.8, 4) is 0 Å². The van der Waals surface area contributed by atoms with E-state index >= 15 is 0 Å². The maximum atomic E-state index is 3.55. The van der Waals surface area contributed by atoms with E-state index in [-0.39, 0.29) is 0 Å². The number of nitrogens with one attached hydrogen (secondary N) is 1. The lowest BCUT2D eigenvalue weighted by atomic mass is 9.77. The second-order valence-electron chi connectivity index (χ2n) is 5.85. The Morgan fingerprint density at radius 3 is 2.62 bits per heavy atom. The topological polar surface area (TPSA) is 12.0 Å². The first-order valence-corrected chi connectivity index (χ1v) is 7.46. The van der Waals surface area contributed by atoms with Gasteiger partial charge in [0.1, 0.15) is 0 Å². The van der Waals surface area contributed by atoms with Gasteiger partial charge in [-0.15, -0.1) is 0 Å². The zero-order valence-corrected chi connectivity index (χ0v) is 11.6. The Balaban J connectivity index is 2.14. The lowest BCUT2D eigenvalue weighted by molar-refractivity contribution is 0.225. The van der Waals surface area contributed by atoms with Crippen LogP contribution in [-0.2, 0) is 0 Å². The fraction of sp³-hybridized carbons (Fsp3) is 1.00. The molecule has 0 amide bonds. The largest absolute Gasteiger partial charge is 0.316 e. The first kappa shape index (κ1) is 14.0. The molecule has 0 bridgehead atoms. The smallest absolute Gasteiger partial charge is 0.00231 e. The summed E-state index contributed by atoms with van der Waals surface area (Å²) in [6, 6.07) is 0. The van der Waals surface area contributed by atoms with Crippen LogP contribution in [0, 0.1) is 17.8 Å². The van der Waals surface area contributed by atoms with Crippen LogP contribution in [0.3, 0.4) is 0 Å². The Morgan fingerprint density at radius 2 is 1.94 bits per heavy atom. The molecule has 16 heavy (non-hydrogen) atoms. The van der Waals surface area contributed by atoms with Crippen LogP contribution in [0.25, 0.3) is 0 Å². The molecule has 3 atom stereocenters. The van der Waals surface area contributed by atoms with Crippen molar-refractivity contribution in [2.45, 2.75) is 65.7 Å². The van der Waals surface area contributed by atoms with Crippen LogP contribution in [0.15, 0.2) is 0 Å². The molecule has 0 aliphatic heterocycles. The molecule has 0 spiro atoms. The third kappa shape index (κ3) is 5.34. The SMILES string of the molecule is CCCNCC(C)CC1CCCC(CC)C1. The van der Waals surface area contributed by atoms with E-state index in [0.717, 1.165) is 17.8 Å². The number of hydrogen-bond acceptors (Lipinski definition) is 1. The van der Waals surface area contributed by atoms with Crippen LogP contribution in [0.4, 0.5) is 0 Å². The molecular weight excluding hydrogens is 194 g/mol. The summed E-state index contributed by atoms with van der Waals surface area (Å²) in [6.45, 7) is 9.43. The van der Waals surface area contributed by atoms with Crippen LogP contribution < -0.4 is 5.32 Å². The van der Waals surface area contributed by atoms with Crippen LogP contribution in [-0.4, -0.2) is 13.1 Å². The van der Waals surface area contributed by atoms with E-state index < -0.39 is 0 Å². The zero-order chi connectivity index (χ0) is 11.8. The molecule has 1 aliphatic carbocycles. The lowest BCUT2D eigenvalue weighted by Gasteiger charge is -2.30. The van der Waals surface area contributed by atoms with E-state index in [0.29, 0.717) is 0 Å². The van der Waals surface area contributed by atoms with Gasteiger partial charge in [0.2, 0.25) is 0 Å². The molecule has 1 fully saturated rings. The highest BCUT2D eigenvalue weighted by atomic mass is 14.8. The average Bonchev–Trinajstić information content (AvgIpc) is 2.29. The molecule has 1 nitrogen and oxygen atoms in total. The van der Waals surface area contributed by atoms with E-state index in [1.54, 1.807) is 0 Å². The second-order valence-corrected chi connectivity index (χ2v) is 5.85. The van der Waals surface area contributed by atoms with E-state index in [4.69, 9.17) is 0 Å². The molecule has 1 N–H and O–H groups in total. The molecule has 1 heteroatoms. The Morgan fingerprint density at radius 1 is 1.19 bits per heavy atom. The maximum absolute atomic E-state index is 3.55. The summed E-state index contributed by atoms with van der Waals surface area (Å²) < 4.78 is 0.